The molecule has 0 aliphatic carbocycles. The van der Waals surface area contributed by atoms with E-state index in [9.17, 15) is 14.0 Å². The first-order chi connectivity index (χ1) is 8.99. The Labute approximate surface area is 111 Å². The number of piperidine rings is 1. The van der Waals surface area contributed by atoms with Gasteiger partial charge in [-0.2, -0.15) is 0 Å². The van der Waals surface area contributed by atoms with E-state index >= 15 is 0 Å². The van der Waals surface area contributed by atoms with Gasteiger partial charge in [0.2, 0.25) is 5.91 Å². The smallest absolute Gasteiger partial charge is 0.254 e. The first-order valence-electron chi connectivity index (χ1n) is 6.34. The average molecular weight is 264 g/mol. The van der Waals surface area contributed by atoms with Gasteiger partial charge in [0, 0.05) is 18.7 Å². The second-order valence-corrected chi connectivity index (χ2v) is 4.95. The van der Waals surface area contributed by atoms with Crippen molar-refractivity contribution in [2.24, 2.45) is 11.7 Å². The van der Waals surface area contributed by atoms with Crippen LogP contribution in [0.4, 0.5) is 4.39 Å². The second kappa shape index (κ2) is 5.38. The van der Waals surface area contributed by atoms with Crippen molar-refractivity contribution >= 4 is 11.8 Å². The van der Waals surface area contributed by atoms with Crippen LogP contribution in [0.1, 0.15) is 28.8 Å². The number of nitrogens with two attached hydrogens (primary N) is 1. The third-order valence-corrected chi connectivity index (χ3v) is 3.54. The van der Waals surface area contributed by atoms with E-state index in [1.54, 1.807) is 17.9 Å². The molecule has 1 unspecified atom stereocenters. The number of rotatable bonds is 2. The van der Waals surface area contributed by atoms with Crippen molar-refractivity contribution in [3.8, 4) is 0 Å². The van der Waals surface area contributed by atoms with Crippen molar-refractivity contribution in [1.29, 1.82) is 0 Å². The summed E-state index contributed by atoms with van der Waals surface area (Å²) in [6.45, 7) is 2.67. The molecule has 5 heteroatoms. The van der Waals surface area contributed by atoms with Crippen molar-refractivity contribution in [3.05, 3.63) is 35.1 Å². The number of primary amides is 1. The quantitative estimate of drug-likeness (QED) is 0.879. The van der Waals surface area contributed by atoms with Gasteiger partial charge >= 0.3 is 0 Å². The summed E-state index contributed by atoms with van der Waals surface area (Å²) in [5.74, 6) is -1.35. The third-order valence-electron chi connectivity index (χ3n) is 3.54. The van der Waals surface area contributed by atoms with Gasteiger partial charge < -0.3 is 10.6 Å². The molecule has 0 spiro atoms. The SMILES string of the molecule is Cc1ccc(F)cc1C(=O)N1CCCC(C(N)=O)C1. The Kier molecular flexibility index (Phi) is 3.83. The lowest BCUT2D eigenvalue weighted by Gasteiger charge is -2.31. The number of aryl methyl sites for hydroxylation is 1. The van der Waals surface area contributed by atoms with E-state index in [1.165, 1.54) is 12.1 Å². The molecule has 1 saturated heterocycles. The highest BCUT2D eigenvalue weighted by Crippen LogP contribution is 2.20. The summed E-state index contributed by atoms with van der Waals surface area (Å²) in [6, 6.07) is 4.15. The Hall–Kier alpha value is -1.91. The minimum absolute atomic E-state index is 0.233. The van der Waals surface area contributed by atoms with Crippen LogP contribution in [0.3, 0.4) is 0 Å². The number of hydrogen-bond donors (Lipinski definition) is 1. The number of likely N-dealkylation sites (tertiary alicyclic amines) is 1. The normalized spacial score (nSPS) is 19.3. The second-order valence-electron chi connectivity index (χ2n) is 4.95. The van der Waals surface area contributed by atoms with Crippen LogP contribution < -0.4 is 5.73 Å². The monoisotopic (exact) mass is 264 g/mol. The van der Waals surface area contributed by atoms with Gasteiger partial charge in [-0.25, -0.2) is 4.39 Å². The van der Waals surface area contributed by atoms with Crippen LogP contribution in [0.5, 0.6) is 0 Å². The molecule has 19 heavy (non-hydrogen) atoms. The number of hydrogen-bond acceptors (Lipinski definition) is 2. The molecule has 1 aliphatic heterocycles. The van der Waals surface area contributed by atoms with Crippen LogP contribution in [0.2, 0.25) is 0 Å². The topological polar surface area (TPSA) is 63.4 Å². The number of amides is 2. The minimum atomic E-state index is -0.433. The molecular formula is C14H17FN2O2. The van der Waals surface area contributed by atoms with Gasteiger partial charge in [0.25, 0.3) is 5.91 Å². The number of halogens is 1. The molecule has 1 fully saturated rings. The van der Waals surface area contributed by atoms with Crippen molar-refractivity contribution in [2.45, 2.75) is 19.8 Å². The third kappa shape index (κ3) is 2.92. The van der Waals surface area contributed by atoms with Gasteiger partial charge in [-0.05, 0) is 37.5 Å². The Morgan fingerprint density at radius 1 is 1.42 bits per heavy atom. The molecule has 0 radical (unpaired) electrons. The van der Waals surface area contributed by atoms with Crippen LogP contribution in [-0.4, -0.2) is 29.8 Å². The van der Waals surface area contributed by atoms with Gasteiger partial charge in [-0.15, -0.1) is 0 Å². The van der Waals surface area contributed by atoms with E-state index in [0.29, 0.717) is 25.1 Å². The summed E-state index contributed by atoms with van der Waals surface area (Å²) in [5, 5.41) is 0. The van der Waals surface area contributed by atoms with Crippen molar-refractivity contribution in [3.63, 3.8) is 0 Å². The Morgan fingerprint density at radius 2 is 2.16 bits per heavy atom. The Morgan fingerprint density at radius 3 is 2.84 bits per heavy atom. The number of carbonyl (C=O) groups is 2. The standard InChI is InChI=1S/C14H17FN2O2/c1-9-4-5-11(15)7-12(9)14(19)17-6-2-3-10(8-17)13(16)18/h4-5,7,10H,2-3,6,8H2,1H3,(H2,16,18). The summed E-state index contributed by atoms with van der Waals surface area (Å²) in [6.07, 6.45) is 1.45. The molecule has 1 aromatic rings. The summed E-state index contributed by atoms with van der Waals surface area (Å²) < 4.78 is 13.2. The molecule has 1 aromatic carbocycles. The number of carbonyl (C=O) groups excluding carboxylic acids is 2. The van der Waals surface area contributed by atoms with Crippen LogP contribution >= 0.6 is 0 Å². The zero-order valence-electron chi connectivity index (χ0n) is 10.9. The van der Waals surface area contributed by atoms with E-state index in [0.717, 1.165) is 12.0 Å². The Bertz CT molecular complexity index is 516. The highest BCUT2D eigenvalue weighted by molar-refractivity contribution is 5.96. The Balaban J connectivity index is 2.19. The lowest BCUT2D eigenvalue weighted by atomic mass is 9.96. The van der Waals surface area contributed by atoms with Crippen LogP contribution in [-0.2, 0) is 4.79 Å². The first kappa shape index (κ1) is 13.5. The maximum atomic E-state index is 13.2. The fraction of sp³-hybridized carbons (Fsp3) is 0.429. The molecule has 2 amide bonds. The van der Waals surface area contributed by atoms with Crippen molar-refractivity contribution in [2.75, 3.05) is 13.1 Å². The average Bonchev–Trinajstić information content (AvgIpc) is 2.41. The number of nitrogens with zero attached hydrogens (tertiary/aromatic N) is 1. The van der Waals surface area contributed by atoms with E-state index in [4.69, 9.17) is 5.73 Å². The van der Waals surface area contributed by atoms with Gasteiger partial charge in [0.05, 0.1) is 5.92 Å². The molecule has 1 heterocycles. The molecular weight excluding hydrogens is 247 g/mol. The lowest BCUT2D eigenvalue weighted by molar-refractivity contribution is -0.123. The molecule has 2 N–H and O–H groups in total. The minimum Gasteiger partial charge on any atom is -0.369 e. The van der Waals surface area contributed by atoms with Gasteiger partial charge in [0.1, 0.15) is 5.82 Å². The molecule has 0 aromatic heterocycles. The molecule has 0 saturated carbocycles. The fourth-order valence-corrected chi connectivity index (χ4v) is 2.39. The zero-order chi connectivity index (χ0) is 14.0. The predicted molar refractivity (Wildman–Crippen MR) is 69.0 cm³/mol. The number of benzene rings is 1. The first-order valence-corrected chi connectivity index (χ1v) is 6.34. The van der Waals surface area contributed by atoms with Crippen molar-refractivity contribution in [1.82, 2.24) is 4.90 Å². The fourth-order valence-electron chi connectivity index (χ4n) is 2.39. The molecule has 1 atom stereocenters. The molecule has 2 rings (SSSR count). The van der Waals surface area contributed by atoms with Crippen LogP contribution in [0, 0.1) is 18.7 Å². The maximum Gasteiger partial charge on any atom is 0.254 e. The molecule has 0 bridgehead atoms. The molecule has 4 nitrogen and oxygen atoms in total. The van der Waals surface area contributed by atoms with E-state index in [1.807, 2.05) is 0 Å². The van der Waals surface area contributed by atoms with E-state index < -0.39 is 5.82 Å². The van der Waals surface area contributed by atoms with Gasteiger partial charge in [-0.3, -0.25) is 9.59 Å². The largest absolute Gasteiger partial charge is 0.369 e. The zero-order valence-corrected chi connectivity index (χ0v) is 10.9. The summed E-state index contributed by atoms with van der Waals surface area (Å²) in [4.78, 5) is 25.1. The van der Waals surface area contributed by atoms with E-state index in [-0.39, 0.29) is 17.7 Å². The molecule has 1 aliphatic rings. The van der Waals surface area contributed by atoms with Crippen molar-refractivity contribution < 1.29 is 14.0 Å². The summed E-state index contributed by atoms with van der Waals surface area (Å²) >= 11 is 0. The maximum absolute atomic E-state index is 13.2. The van der Waals surface area contributed by atoms with E-state index in [2.05, 4.69) is 0 Å². The highest BCUT2D eigenvalue weighted by atomic mass is 19.1. The lowest BCUT2D eigenvalue weighted by Crippen LogP contribution is -2.44. The summed E-state index contributed by atoms with van der Waals surface area (Å²) in [7, 11) is 0. The predicted octanol–water partition coefficient (Wildman–Crippen LogP) is 1.47. The van der Waals surface area contributed by atoms with Crippen LogP contribution in [0.15, 0.2) is 18.2 Å². The summed E-state index contributed by atoms with van der Waals surface area (Å²) in [5.41, 5.74) is 6.37. The van der Waals surface area contributed by atoms with Gasteiger partial charge in [0.15, 0.2) is 0 Å². The van der Waals surface area contributed by atoms with Crippen LogP contribution in [0.25, 0.3) is 0 Å². The molecule has 102 valence electrons. The highest BCUT2D eigenvalue weighted by Gasteiger charge is 2.28. The van der Waals surface area contributed by atoms with Gasteiger partial charge in [-0.1, -0.05) is 6.07 Å².